The Hall–Kier alpha value is -1.37. The molecule has 0 radical (unpaired) electrons. The zero-order valence-electron chi connectivity index (χ0n) is 8.07. The van der Waals surface area contributed by atoms with Crippen LogP contribution in [0.4, 0.5) is 4.39 Å². The van der Waals surface area contributed by atoms with Crippen molar-refractivity contribution in [2.75, 3.05) is 7.05 Å². The molecule has 1 aromatic carbocycles. The van der Waals surface area contributed by atoms with Crippen molar-refractivity contribution >= 4 is 0 Å². The van der Waals surface area contributed by atoms with Gasteiger partial charge in [-0.1, -0.05) is 12.1 Å². The molecule has 1 rings (SSSR count). The number of terminal acetylenes is 1. The van der Waals surface area contributed by atoms with Gasteiger partial charge in [0.1, 0.15) is 5.82 Å². The minimum atomic E-state index is -0.272. The molecule has 0 saturated heterocycles. The molecule has 0 aliphatic rings. The lowest BCUT2D eigenvalue weighted by Crippen LogP contribution is -2.30. The highest BCUT2D eigenvalue weighted by atomic mass is 19.1. The summed E-state index contributed by atoms with van der Waals surface area (Å²) in [7, 11) is 1.72. The van der Waals surface area contributed by atoms with E-state index in [2.05, 4.69) is 5.92 Å². The van der Waals surface area contributed by atoms with Gasteiger partial charge in [0.15, 0.2) is 0 Å². The molecule has 14 heavy (non-hydrogen) atoms. The summed E-state index contributed by atoms with van der Waals surface area (Å²) in [6.45, 7) is 0. The van der Waals surface area contributed by atoms with E-state index in [1.54, 1.807) is 13.1 Å². The van der Waals surface area contributed by atoms with Gasteiger partial charge < -0.3 is 0 Å². The van der Waals surface area contributed by atoms with Crippen LogP contribution in [-0.4, -0.2) is 12.1 Å². The molecule has 1 unspecified atom stereocenters. The zero-order valence-corrected chi connectivity index (χ0v) is 8.07. The van der Waals surface area contributed by atoms with Gasteiger partial charge in [-0.3, -0.25) is 5.84 Å². The summed E-state index contributed by atoms with van der Waals surface area (Å²) in [5, 5.41) is 1.49. The maximum absolute atomic E-state index is 12.9. The third-order valence-electron chi connectivity index (χ3n) is 2.04. The summed E-state index contributed by atoms with van der Waals surface area (Å²) in [6, 6.07) is 6.18. The maximum Gasteiger partial charge on any atom is 0.123 e. The first-order valence-electron chi connectivity index (χ1n) is 4.31. The molecule has 0 amide bonds. The SMILES string of the molecule is C#CCC(c1cccc(F)c1)N(C)N. The first-order chi connectivity index (χ1) is 6.65. The number of hydrogen-bond acceptors (Lipinski definition) is 2. The van der Waals surface area contributed by atoms with E-state index in [-0.39, 0.29) is 11.9 Å². The molecule has 3 heteroatoms. The summed E-state index contributed by atoms with van der Waals surface area (Å²) < 4.78 is 12.9. The van der Waals surface area contributed by atoms with E-state index in [4.69, 9.17) is 12.3 Å². The third kappa shape index (κ3) is 2.56. The number of hydrogen-bond donors (Lipinski definition) is 1. The largest absolute Gasteiger partial charge is 0.268 e. The van der Waals surface area contributed by atoms with Crippen molar-refractivity contribution in [1.82, 2.24) is 5.01 Å². The minimum Gasteiger partial charge on any atom is -0.268 e. The lowest BCUT2D eigenvalue weighted by Gasteiger charge is -2.22. The Balaban J connectivity index is 2.94. The quantitative estimate of drug-likeness (QED) is 0.448. The van der Waals surface area contributed by atoms with Crippen molar-refractivity contribution < 1.29 is 4.39 Å². The fourth-order valence-electron chi connectivity index (χ4n) is 1.32. The van der Waals surface area contributed by atoms with Gasteiger partial charge in [0, 0.05) is 13.5 Å². The van der Waals surface area contributed by atoms with Crippen LogP contribution in [0, 0.1) is 18.2 Å². The molecule has 0 bridgehead atoms. The lowest BCUT2D eigenvalue weighted by atomic mass is 10.0. The van der Waals surface area contributed by atoms with Gasteiger partial charge in [-0.05, 0) is 17.7 Å². The molecule has 1 atom stereocenters. The number of hydrazine groups is 1. The van der Waals surface area contributed by atoms with Crippen LogP contribution >= 0.6 is 0 Å². The van der Waals surface area contributed by atoms with E-state index in [1.807, 2.05) is 6.07 Å². The Labute approximate surface area is 83.5 Å². The predicted octanol–water partition coefficient (Wildman–Crippen LogP) is 1.70. The van der Waals surface area contributed by atoms with Crippen molar-refractivity contribution in [2.24, 2.45) is 5.84 Å². The van der Waals surface area contributed by atoms with Gasteiger partial charge in [0.05, 0.1) is 6.04 Å². The Morgan fingerprint density at radius 3 is 2.86 bits per heavy atom. The summed E-state index contributed by atoms with van der Waals surface area (Å²) >= 11 is 0. The van der Waals surface area contributed by atoms with Gasteiger partial charge in [-0.15, -0.1) is 12.3 Å². The monoisotopic (exact) mass is 192 g/mol. The number of nitrogens with two attached hydrogens (primary N) is 1. The van der Waals surface area contributed by atoms with Crippen LogP contribution in [0.3, 0.4) is 0 Å². The molecule has 0 fully saturated rings. The van der Waals surface area contributed by atoms with E-state index in [1.165, 1.54) is 17.1 Å². The average Bonchev–Trinajstić information content (AvgIpc) is 2.13. The first-order valence-corrected chi connectivity index (χ1v) is 4.31. The number of halogens is 1. The number of nitrogens with zero attached hydrogens (tertiary/aromatic N) is 1. The molecule has 2 N–H and O–H groups in total. The summed E-state index contributed by atoms with van der Waals surface area (Å²) in [4.78, 5) is 0. The fraction of sp³-hybridized carbons (Fsp3) is 0.273. The van der Waals surface area contributed by atoms with Crippen LogP contribution in [0.2, 0.25) is 0 Å². The minimum absolute atomic E-state index is 0.129. The highest BCUT2D eigenvalue weighted by Gasteiger charge is 2.13. The van der Waals surface area contributed by atoms with Crippen LogP contribution in [0.1, 0.15) is 18.0 Å². The van der Waals surface area contributed by atoms with Gasteiger partial charge in [-0.25, -0.2) is 9.40 Å². The Morgan fingerprint density at radius 2 is 2.36 bits per heavy atom. The Kier molecular flexibility index (Phi) is 3.63. The number of benzene rings is 1. The molecule has 2 nitrogen and oxygen atoms in total. The normalized spacial score (nSPS) is 12.5. The zero-order chi connectivity index (χ0) is 10.6. The van der Waals surface area contributed by atoms with E-state index < -0.39 is 0 Å². The second kappa shape index (κ2) is 4.75. The van der Waals surface area contributed by atoms with Gasteiger partial charge >= 0.3 is 0 Å². The van der Waals surface area contributed by atoms with Crippen molar-refractivity contribution in [2.45, 2.75) is 12.5 Å². The highest BCUT2D eigenvalue weighted by Crippen LogP contribution is 2.20. The average molecular weight is 192 g/mol. The second-order valence-electron chi connectivity index (χ2n) is 3.14. The van der Waals surface area contributed by atoms with Crippen LogP contribution < -0.4 is 5.84 Å². The molecule has 0 aliphatic heterocycles. The third-order valence-corrected chi connectivity index (χ3v) is 2.04. The first kappa shape index (κ1) is 10.7. The van der Waals surface area contributed by atoms with Crippen molar-refractivity contribution in [1.29, 1.82) is 0 Å². The van der Waals surface area contributed by atoms with Crippen LogP contribution in [-0.2, 0) is 0 Å². The molecular weight excluding hydrogens is 179 g/mol. The van der Waals surface area contributed by atoms with Crippen LogP contribution in [0.25, 0.3) is 0 Å². The Bertz CT molecular complexity index is 341. The molecule has 0 heterocycles. The van der Waals surface area contributed by atoms with Gasteiger partial charge in [0.2, 0.25) is 0 Å². The summed E-state index contributed by atoms with van der Waals surface area (Å²) in [5.74, 6) is 7.87. The highest BCUT2D eigenvalue weighted by molar-refractivity contribution is 5.21. The van der Waals surface area contributed by atoms with Crippen molar-refractivity contribution in [3.05, 3.63) is 35.6 Å². The second-order valence-corrected chi connectivity index (χ2v) is 3.14. The molecule has 0 aliphatic carbocycles. The smallest absolute Gasteiger partial charge is 0.123 e. The standard InChI is InChI=1S/C11H13FN2/c1-3-5-11(14(2)13)9-6-4-7-10(12)8-9/h1,4,6-8,11H,5,13H2,2H3. The molecule has 74 valence electrons. The lowest BCUT2D eigenvalue weighted by molar-refractivity contribution is 0.256. The van der Waals surface area contributed by atoms with Gasteiger partial charge in [-0.2, -0.15) is 0 Å². The van der Waals surface area contributed by atoms with E-state index in [0.717, 1.165) is 5.56 Å². The topological polar surface area (TPSA) is 29.3 Å². The molecule has 0 saturated carbocycles. The number of rotatable bonds is 3. The van der Waals surface area contributed by atoms with E-state index in [9.17, 15) is 4.39 Å². The molecule has 1 aromatic rings. The molecular formula is C11H13FN2. The Morgan fingerprint density at radius 1 is 1.64 bits per heavy atom. The van der Waals surface area contributed by atoms with Crippen LogP contribution in [0.15, 0.2) is 24.3 Å². The van der Waals surface area contributed by atoms with Crippen molar-refractivity contribution in [3.8, 4) is 12.3 Å². The van der Waals surface area contributed by atoms with E-state index >= 15 is 0 Å². The van der Waals surface area contributed by atoms with Gasteiger partial charge in [0.25, 0.3) is 0 Å². The maximum atomic E-state index is 12.9. The fourth-order valence-corrected chi connectivity index (χ4v) is 1.32. The summed E-state index contributed by atoms with van der Waals surface area (Å²) in [6.07, 6.45) is 5.69. The van der Waals surface area contributed by atoms with Crippen molar-refractivity contribution in [3.63, 3.8) is 0 Å². The predicted molar refractivity (Wildman–Crippen MR) is 54.5 cm³/mol. The van der Waals surface area contributed by atoms with E-state index in [0.29, 0.717) is 6.42 Å². The van der Waals surface area contributed by atoms with Crippen LogP contribution in [0.5, 0.6) is 0 Å². The summed E-state index contributed by atoms with van der Waals surface area (Å²) in [5.41, 5.74) is 0.799. The molecule has 0 aromatic heterocycles. The molecule has 0 spiro atoms.